The summed E-state index contributed by atoms with van der Waals surface area (Å²) in [6.45, 7) is 6.33. The largest absolute Gasteiger partial charge is 0.374 e. The molecule has 1 aromatic heterocycles. The van der Waals surface area contributed by atoms with Gasteiger partial charge in [-0.2, -0.15) is 0 Å². The zero-order valence-electron chi connectivity index (χ0n) is 35.3. The highest BCUT2D eigenvalue weighted by Gasteiger charge is 2.49. The van der Waals surface area contributed by atoms with E-state index in [4.69, 9.17) is 28.4 Å². The van der Waals surface area contributed by atoms with Gasteiger partial charge in [0, 0.05) is 16.2 Å². The van der Waals surface area contributed by atoms with Gasteiger partial charge in [0.1, 0.15) is 36.3 Å². The average molecular weight is 861 g/mol. The fourth-order valence-electron chi connectivity index (χ4n) is 7.89. The molecule has 322 valence electrons. The van der Waals surface area contributed by atoms with Crippen LogP contribution in [0.4, 0.5) is 4.39 Å². The third-order valence-electron chi connectivity index (χ3n) is 11.1. The fraction of sp³-hybridized carbons (Fsp3) is 0.236. The summed E-state index contributed by atoms with van der Waals surface area (Å²) in [6, 6.07) is 58.1. The van der Waals surface area contributed by atoms with Crippen molar-refractivity contribution >= 4 is 11.3 Å². The van der Waals surface area contributed by atoms with Gasteiger partial charge in [-0.1, -0.05) is 158 Å². The third kappa shape index (κ3) is 12.3. The first kappa shape index (κ1) is 44.1. The number of benzene rings is 6. The van der Waals surface area contributed by atoms with Crippen LogP contribution in [0.2, 0.25) is 0 Å². The molecule has 1 aliphatic heterocycles. The Labute approximate surface area is 374 Å². The van der Waals surface area contributed by atoms with Crippen molar-refractivity contribution in [1.82, 2.24) is 0 Å². The number of hydrogen-bond acceptors (Lipinski definition) is 7. The molecule has 8 heteroatoms. The number of thiophene rings is 1. The Hall–Kier alpha value is -5.55. The van der Waals surface area contributed by atoms with Gasteiger partial charge in [0.15, 0.2) is 0 Å². The summed E-state index contributed by atoms with van der Waals surface area (Å²) in [5, 5.41) is 0. The van der Waals surface area contributed by atoms with Crippen LogP contribution in [0.3, 0.4) is 0 Å². The van der Waals surface area contributed by atoms with E-state index in [9.17, 15) is 4.39 Å². The Bertz CT molecular complexity index is 2430. The molecule has 0 aliphatic carbocycles. The number of halogens is 1. The molecule has 0 amide bonds. The van der Waals surface area contributed by atoms with E-state index in [1.807, 2.05) is 84.9 Å². The maximum absolute atomic E-state index is 13.8. The molecule has 0 spiro atoms. The van der Waals surface area contributed by atoms with Crippen LogP contribution in [0.1, 0.15) is 49.9 Å². The summed E-state index contributed by atoms with van der Waals surface area (Å²) >= 11 is 1.70. The fourth-order valence-corrected chi connectivity index (χ4v) is 8.93. The molecule has 1 fully saturated rings. The van der Waals surface area contributed by atoms with E-state index < -0.39 is 30.5 Å². The standard InChI is InChI=1S/C55H53FO6S/c1-2-31-57-38-46-24-23-44(32-48-29-30-51(63-48)45-25-27-47(56)28-26-45)33-49(46)52-54(60-36-42-19-11-5-12-20-42)55(61-37-43-21-13-6-14-22-43)53(59-35-41-17-9-4-10-18-41)50(62-52)39-58-34-40-15-7-3-8-16-40/h2-30,33,50,52-55H,1,31-32,34-39H2. The minimum Gasteiger partial charge on any atom is -0.374 e. The van der Waals surface area contributed by atoms with Crippen LogP contribution in [-0.4, -0.2) is 37.6 Å². The molecule has 0 N–H and O–H groups in total. The van der Waals surface area contributed by atoms with Gasteiger partial charge in [-0.15, -0.1) is 17.9 Å². The van der Waals surface area contributed by atoms with Crippen molar-refractivity contribution in [3.8, 4) is 10.4 Å². The van der Waals surface area contributed by atoms with Crippen molar-refractivity contribution < 1.29 is 32.8 Å². The van der Waals surface area contributed by atoms with Crippen LogP contribution in [-0.2, 0) is 67.9 Å². The number of ether oxygens (including phenoxy) is 6. The van der Waals surface area contributed by atoms with Gasteiger partial charge in [0.25, 0.3) is 0 Å². The van der Waals surface area contributed by atoms with E-state index in [0.29, 0.717) is 46.1 Å². The lowest BCUT2D eigenvalue weighted by Crippen LogP contribution is -2.58. The molecule has 8 rings (SSSR count). The van der Waals surface area contributed by atoms with E-state index in [1.54, 1.807) is 17.4 Å². The monoisotopic (exact) mass is 860 g/mol. The van der Waals surface area contributed by atoms with Crippen molar-refractivity contribution in [1.29, 1.82) is 0 Å². The molecule has 5 atom stereocenters. The van der Waals surface area contributed by atoms with Gasteiger partial charge in [0.05, 0.1) is 46.2 Å². The summed E-state index contributed by atoms with van der Waals surface area (Å²) in [5.41, 5.74) is 8.21. The highest BCUT2D eigenvalue weighted by atomic mass is 32.1. The molecule has 6 nitrogen and oxygen atoms in total. The van der Waals surface area contributed by atoms with Crippen LogP contribution >= 0.6 is 11.3 Å². The first-order valence-electron chi connectivity index (χ1n) is 21.5. The molecule has 0 bridgehead atoms. The number of hydrogen-bond donors (Lipinski definition) is 0. The van der Waals surface area contributed by atoms with Crippen LogP contribution < -0.4 is 0 Å². The SMILES string of the molecule is C=CCOCc1ccc(Cc2ccc(-c3ccc(F)cc3)s2)cc1C1OC(COCc2ccccc2)C(OCc2ccccc2)C(OCc2ccccc2)C1OCc1ccccc1. The van der Waals surface area contributed by atoms with Gasteiger partial charge in [-0.25, -0.2) is 4.39 Å². The predicted octanol–water partition coefficient (Wildman–Crippen LogP) is 12.3. The van der Waals surface area contributed by atoms with Crippen molar-refractivity contribution in [2.45, 2.75) is 70.0 Å². The lowest BCUT2D eigenvalue weighted by molar-refractivity contribution is -0.275. The smallest absolute Gasteiger partial charge is 0.123 e. The Morgan fingerprint density at radius 3 is 1.68 bits per heavy atom. The van der Waals surface area contributed by atoms with Crippen LogP contribution in [0.25, 0.3) is 10.4 Å². The summed E-state index contributed by atoms with van der Waals surface area (Å²) in [5.74, 6) is -0.247. The molecule has 0 radical (unpaired) electrons. The van der Waals surface area contributed by atoms with E-state index in [0.717, 1.165) is 49.4 Å². The minimum absolute atomic E-state index is 0.247. The highest BCUT2D eigenvalue weighted by molar-refractivity contribution is 7.15. The van der Waals surface area contributed by atoms with Crippen molar-refractivity contribution in [3.05, 3.63) is 238 Å². The Kier molecular flexibility index (Phi) is 15.9. The van der Waals surface area contributed by atoms with Crippen molar-refractivity contribution in [2.75, 3.05) is 13.2 Å². The third-order valence-corrected chi connectivity index (χ3v) is 12.2. The predicted molar refractivity (Wildman–Crippen MR) is 248 cm³/mol. The molecule has 1 saturated heterocycles. The van der Waals surface area contributed by atoms with Gasteiger partial charge < -0.3 is 28.4 Å². The van der Waals surface area contributed by atoms with Gasteiger partial charge in [-0.3, -0.25) is 0 Å². The second-order valence-electron chi connectivity index (χ2n) is 15.7. The highest BCUT2D eigenvalue weighted by Crippen LogP contribution is 2.41. The second-order valence-corrected chi connectivity index (χ2v) is 16.8. The van der Waals surface area contributed by atoms with Crippen molar-refractivity contribution in [2.24, 2.45) is 0 Å². The average Bonchev–Trinajstić information content (AvgIpc) is 3.80. The lowest BCUT2D eigenvalue weighted by Gasteiger charge is -2.47. The molecular weight excluding hydrogens is 808 g/mol. The molecule has 5 unspecified atom stereocenters. The Balaban J connectivity index is 1.19. The van der Waals surface area contributed by atoms with Crippen LogP contribution in [0, 0.1) is 5.82 Å². The Morgan fingerprint density at radius 2 is 1.10 bits per heavy atom. The maximum Gasteiger partial charge on any atom is 0.123 e. The van der Waals surface area contributed by atoms with Crippen LogP contribution in [0.5, 0.6) is 0 Å². The zero-order chi connectivity index (χ0) is 43.1. The summed E-state index contributed by atoms with van der Waals surface area (Å²) in [4.78, 5) is 2.27. The van der Waals surface area contributed by atoms with Crippen LogP contribution in [0.15, 0.2) is 189 Å². The topological polar surface area (TPSA) is 55.4 Å². The molecule has 2 heterocycles. The quantitative estimate of drug-likeness (QED) is 0.0530. The van der Waals surface area contributed by atoms with Gasteiger partial charge in [-0.05, 0) is 68.8 Å². The first-order valence-corrected chi connectivity index (χ1v) is 22.3. The molecule has 6 aromatic carbocycles. The lowest BCUT2D eigenvalue weighted by atomic mass is 9.87. The summed E-state index contributed by atoms with van der Waals surface area (Å²) in [7, 11) is 0. The van der Waals surface area contributed by atoms with E-state index in [2.05, 4.69) is 85.4 Å². The maximum atomic E-state index is 13.8. The molecule has 1 aliphatic rings. The van der Waals surface area contributed by atoms with E-state index >= 15 is 0 Å². The molecule has 7 aromatic rings. The van der Waals surface area contributed by atoms with E-state index in [1.165, 1.54) is 17.0 Å². The Morgan fingerprint density at radius 1 is 0.540 bits per heavy atom. The molecule has 0 saturated carbocycles. The second kappa shape index (κ2) is 22.7. The molecular formula is C55H53FO6S. The van der Waals surface area contributed by atoms with Gasteiger partial charge in [0.2, 0.25) is 0 Å². The summed E-state index contributed by atoms with van der Waals surface area (Å²) in [6.07, 6.45) is -0.452. The first-order chi connectivity index (χ1) is 31.1. The number of rotatable bonds is 21. The molecule has 63 heavy (non-hydrogen) atoms. The zero-order valence-corrected chi connectivity index (χ0v) is 36.1. The van der Waals surface area contributed by atoms with Gasteiger partial charge >= 0.3 is 0 Å². The van der Waals surface area contributed by atoms with E-state index in [-0.39, 0.29) is 12.4 Å². The minimum atomic E-state index is -0.611. The normalized spacial score (nSPS) is 18.6. The summed E-state index contributed by atoms with van der Waals surface area (Å²) < 4.78 is 54.9. The van der Waals surface area contributed by atoms with Crippen molar-refractivity contribution in [3.63, 3.8) is 0 Å².